The van der Waals surface area contributed by atoms with Gasteiger partial charge in [0.1, 0.15) is 0 Å². The smallest absolute Gasteiger partial charge is 0.0746 e. The van der Waals surface area contributed by atoms with Crippen LogP contribution >= 0.6 is 0 Å². The fourth-order valence-electron chi connectivity index (χ4n) is 1.78. The van der Waals surface area contributed by atoms with Gasteiger partial charge in [0.2, 0.25) is 0 Å². The molecule has 0 saturated heterocycles. The lowest BCUT2D eigenvalue weighted by Crippen LogP contribution is -2.39. The minimum atomic E-state index is -0.620. The van der Waals surface area contributed by atoms with Crippen molar-refractivity contribution in [2.75, 3.05) is 13.1 Å². The van der Waals surface area contributed by atoms with Crippen molar-refractivity contribution in [3.63, 3.8) is 0 Å². The van der Waals surface area contributed by atoms with E-state index in [0.717, 1.165) is 19.4 Å². The van der Waals surface area contributed by atoms with E-state index in [9.17, 15) is 5.11 Å². The standard InChI is InChI=1S/C15H25NO/c1-13(2)11-16-12-15(3,17)10-9-14-7-5-4-6-8-14/h4-8,13,16-17H,9-12H2,1-3H3. The van der Waals surface area contributed by atoms with Gasteiger partial charge in [0, 0.05) is 6.54 Å². The highest BCUT2D eigenvalue weighted by molar-refractivity contribution is 5.15. The van der Waals surface area contributed by atoms with E-state index in [0.29, 0.717) is 12.5 Å². The third kappa shape index (κ3) is 6.44. The summed E-state index contributed by atoms with van der Waals surface area (Å²) in [5.41, 5.74) is 0.668. The molecule has 0 aliphatic rings. The van der Waals surface area contributed by atoms with Crippen LogP contribution in [0.1, 0.15) is 32.8 Å². The van der Waals surface area contributed by atoms with Crippen LogP contribution < -0.4 is 5.32 Å². The van der Waals surface area contributed by atoms with E-state index in [4.69, 9.17) is 0 Å². The fraction of sp³-hybridized carbons (Fsp3) is 0.600. The Balaban J connectivity index is 2.29. The van der Waals surface area contributed by atoms with Crippen LogP contribution in [0.3, 0.4) is 0 Å². The van der Waals surface area contributed by atoms with Crippen molar-refractivity contribution in [2.24, 2.45) is 5.92 Å². The molecule has 0 fully saturated rings. The summed E-state index contributed by atoms with van der Waals surface area (Å²) in [7, 11) is 0. The Morgan fingerprint density at radius 3 is 2.47 bits per heavy atom. The normalized spacial score (nSPS) is 14.9. The highest BCUT2D eigenvalue weighted by Crippen LogP contribution is 2.13. The van der Waals surface area contributed by atoms with Gasteiger partial charge in [-0.1, -0.05) is 44.2 Å². The molecule has 17 heavy (non-hydrogen) atoms. The second-order valence-corrected chi connectivity index (χ2v) is 5.51. The molecule has 2 N–H and O–H groups in total. The predicted octanol–water partition coefficient (Wildman–Crippen LogP) is 2.62. The second kappa shape index (κ2) is 6.77. The number of rotatable bonds is 7. The summed E-state index contributed by atoms with van der Waals surface area (Å²) in [6.07, 6.45) is 1.72. The number of hydrogen-bond acceptors (Lipinski definition) is 2. The summed E-state index contributed by atoms with van der Waals surface area (Å²) in [5.74, 6) is 0.625. The SMILES string of the molecule is CC(C)CNCC(C)(O)CCc1ccccc1. The largest absolute Gasteiger partial charge is 0.389 e. The van der Waals surface area contributed by atoms with Gasteiger partial charge in [0.25, 0.3) is 0 Å². The lowest BCUT2D eigenvalue weighted by atomic mass is 9.96. The maximum Gasteiger partial charge on any atom is 0.0746 e. The molecule has 0 aliphatic heterocycles. The predicted molar refractivity (Wildman–Crippen MR) is 73.1 cm³/mol. The molecule has 1 aromatic carbocycles. The van der Waals surface area contributed by atoms with E-state index in [1.54, 1.807) is 0 Å². The molecule has 96 valence electrons. The molecule has 2 nitrogen and oxygen atoms in total. The highest BCUT2D eigenvalue weighted by atomic mass is 16.3. The first-order valence-electron chi connectivity index (χ1n) is 6.47. The summed E-state index contributed by atoms with van der Waals surface area (Å²) < 4.78 is 0. The first-order valence-corrected chi connectivity index (χ1v) is 6.47. The summed E-state index contributed by atoms with van der Waals surface area (Å²) in [6, 6.07) is 10.3. The van der Waals surface area contributed by atoms with Crippen molar-refractivity contribution in [3.8, 4) is 0 Å². The molecule has 1 unspecified atom stereocenters. The second-order valence-electron chi connectivity index (χ2n) is 5.51. The van der Waals surface area contributed by atoms with Crippen molar-refractivity contribution in [2.45, 2.75) is 39.2 Å². The summed E-state index contributed by atoms with van der Waals surface area (Å²) in [4.78, 5) is 0. The van der Waals surface area contributed by atoms with Gasteiger partial charge in [-0.3, -0.25) is 0 Å². The molecule has 0 saturated carbocycles. The van der Waals surface area contributed by atoms with Crippen molar-refractivity contribution < 1.29 is 5.11 Å². The van der Waals surface area contributed by atoms with E-state index in [-0.39, 0.29) is 0 Å². The van der Waals surface area contributed by atoms with Crippen LogP contribution in [-0.2, 0) is 6.42 Å². The zero-order valence-corrected chi connectivity index (χ0v) is 11.2. The van der Waals surface area contributed by atoms with Crippen molar-refractivity contribution in [3.05, 3.63) is 35.9 Å². The fourth-order valence-corrected chi connectivity index (χ4v) is 1.78. The Hall–Kier alpha value is -0.860. The van der Waals surface area contributed by atoms with Gasteiger partial charge in [-0.05, 0) is 37.8 Å². The molecule has 1 aromatic rings. The van der Waals surface area contributed by atoms with E-state index in [2.05, 4.69) is 31.3 Å². The summed E-state index contributed by atoms with van der Waals surface area (Å²) in [6.45, 7) is 7.88. The molecule has 0 aromatic heterocycles. The van der Waals surface area contributed by atoms with E-state index in [1.165, 1.54) is 5.56 Å². The number of nitrogens with one attached hydrogen (secondary N) is 1. The van der Waals surface area contributed by atoms with E-state index in [1.807, 2.05) is 25.1 Å². The first kappa shape index (κ1) is 14.2. The maximum atomic E-state index is 10.2. The highest BCUT2D eigenvalue weighted by Gasteiger charge is 2.19. The Labute approximate surface area is 105 Å². The van der Waals surface area contributed by atoms with Crippen LogP contribution in [0.4, 0.5) is 0 Å². The monoisotopic (exact) mass is 235 g/mol. The average molecular weight is 235 g/mol. The topological polar surface area (TPSA) is 32.3 Å². The maximum absolute atomic E-state index is 10.2. The van der Waals surface area contributed by atoms with E-state index < -0.39 is 5.60 Å². The molecule has 0 spiro atoms. The van der Waals surface area contributed by atoms with Gasteiger partial charge < -0.3 is 10.4 Å². The quantitative estimate of drug-likeness (QED) is 0.761. The van der Waals surface area contributed by atoms with Crippen LogP contribution in [0.15, 0.2) is 30.3 Å². The third-order valence-electron chi connectivity index (χ3n) is 2.85. The minimum absolute atomic E-state index is 0.620. The number of aliphatic hydroxyl groups is 1. The van der Waals surface area contributed by atoms with Gasteiger partial charge in [-0.25, -0.2) is 0 Å². The number of hydrogen-bond donors (Lipinski definition) is 2. The van der Waals surface area contributed by atoms with Crippen molar-refractivity contribution in [1.29, 1.82) is 0 Å². The molecule has 0 heterocycles. The van der Waals surface area contributed by atoms with Crippen molar-refractivity contribution >= 4 is 0 Å². The molecule has 2 heteroatoms. The Bertz CT molecular complexity index is 306. The van der Waals surface area contributed by atoms with Crippen LogP contribution in [-0.4, -0.2) is 23.8 Å². The van der Waals surface area contributed by atoms with Gasteiger partial charge >= 0.3 is 0 Å². The first-order chi connectivity index (χ1) is 7.99. The molecular formula is C15H25NO. The summed E-state index contributed by atoms with van der Waals surface area (Å²) >= 11 is 0. The van der Waals surface area contributed by atoms with Crippen LogP contribution in [0, 0.1) is 5.92 Å². The van der Waals surface area contributed by atoms with Gasteiger partial charge in [-0.15, -0.1) is 0 Å². The van der Waals surface area contributed by atoms with Crippen molar-refractivity contribution in [1.82, 2.24) is 5.32 Å². The Morgan fingerprint density at radius 2 is 1.88 bits per heavy atom. The Morgan fingerprint density at radius 1 is 1.24 bits per heavy atom. The van der Waals surface area contributed by atoms with Gasteiger partial charge in [0.15, 0.2) is 0 Å². The average Bonchev–Trinajstić information content (AvgIpc) is 2.27. The lowest BCUT2D eigenvalue weighted by molar-refractivity contribution is 0.0506. The molecular weight excluding hydrogens is 210 g/mol. The summed E-state index contributed by atoms with van der Waals surface area (Å²) in [5, 5.41) is 13.5. The molecule has 0 bridgehead atoms. The molecule has 0 amide bonds. The van der Waals surface area contributed by atoms with Gasteiger partial charge in [0.05, 0.1) is 5.60 Å². The lowest BCUT2D eigenvalue weighted by Gasteiger charge is -2.24. The third-order valence-corrected chi connectivity index (χ3v) is 2.85. The molecule has 1 atom stereocenters. The van der Waals surface area contributed by atoms with E-state index >= 15 is 0 Å². The zero-order valence-electron chi connectivity index (χ0n) is 11.2. The van der Waals surface area contributed by atoms with Crippen LogP contribution in [0.25, 0.3) is 0 Å². The molecule has 0 radical (unpaired) electrons. The number of aryl methyl sites for hydroxylation is 1. The van der Waals surface area contributed by atoms with Crippen LogP contribution in [0.5, 0.6) is 0 Å². The van der Waals surface area contributed by atoms with Crippen LogP contribution in [0.2, 0.25) is 0 Å². The Kier molecular flexibility index (Phi) is 5.66. The van der Waals surface area contributed by atoms with Gasteiger partial charge in [-0.2, -0.15) is 0 Å². The zero-order chi connectivity index (χ0) is 12.7. The molecule has 1 rings (SSSR count). The minimum Gasteiger partial charge on any atom is -0.389 e. The number of benzene rings is 1. The molecule has 0 aliphatic carbocycles.